The van der Waals surface area contributed by atoms with Gasteiger partial charge in [0.15, 0.2) is 0 Å². The van der Waals surface area contributed by atoms with Crippen LogP contribution in [0.4, 0.5) is 0 Å². The van der Waals surface area contributed by atoms with E-state index in [1.807, 2.05) is 0 Å². The smallest absolute Gasteiger partial charge is 0 e. The van der Waals surface area contributed by atoms with Crippen molar-refractivity contribution in [1.82, 2.24) is 0 Å². The first-order valence-electron chi connectivity index (χ1n) is 0.730. The predicted octanol–water partition coefficient (Wildman–Crippen LogP) is -4.45. The molecule has 0 heterocycles. The Hall–Kier alpha value is 1.16. The molecule has 0 aromatic carbocycles. The standard InChI is InChI=1S/AsH3O4.Pb/c2-1(3,4)5;/h(H3,2,3,4,5);/p-3. The zero-order valence-corrected chi connectivity index (χ0v) is 8.34. The fourth-order valence-corrected chi connectivity index (χ4v) is 0. The molecule has 0 amide bonds. The molecule has 0 atom stereocenters. The van der Waals surface area contributed by atoms with E-state index >= 15 is 0 Å². The van der Waals surface area contributed by atoms with E-state index in [0.29, 0.717) is 0 Å². The fourth-order valence-electron chi connectivity index (χ4n) is 0. The molecular formula is AsO4Pb-3. The van der Waals surface area contributed by atoms with Crippen molar-refractivity contribution in [3.05, 3.63) is 0 Å². The van der Waals surface area contributed by atoms with Crippen molar-refractivity contribution in [2.45, 2.75) is 0 Å². The molecule has 6 heteroatoms. The van der Waals surface area contributed by atoms with Gasteiger partial charge in [-0.15, -0.1) is 0 Å². The molecule has 0 unspecified atom stereocenters. The van der Waals surface area contributed by atoms with E-state index in [-0.39, 0.29) is 27.3 Å². The van der Waals surface area contributed by atoms with E-state index in [0.717, 1.165) is 0 Å². The summed E-state index contributed by atoms with van der Waals surface area (Å²) in [6, 6.07) is 0. The van der Waals surface area contributed by atoms with Crippen LogP contribution < -0.4 is 12.3 Å². The summed E-state index contributed by atoms with van der Waals surface area (Å²) in [5.41, 5.74) is 0. The quantitative estimate of drug-likeness (QED) is 0.414. The van der Waals surface area contributed by atoms with Crippen molar-refractivity contribution in [1.29, 1.82) is 0 Å². The average molecular weight is 346 g/mol. The largest absolute Gasteiger partial charge is 0 e. The minimum absolute atomic E-state index is 0. The van der Waals surface area contributed by atoms with Crippen molar-refractivity contribution in [2.75, 3.05) is 0 Å². The average Bonchev–Trinajstić information content (AvgIpc) is 0.722. The van der Waals surface area contributed by atoms with Crippen molar-refractivity contribution in [2.24, 2.45) is 0 Å². The van der Waals surface area contributed by atoms with Crippen LogP contribution in [0.2, 0.25) is 0 Å². The van der Waals surface area contributed by atoms with Crippen molar-refractivity contribution < 1.29 is 16.0 Å². The van der Waals surface area contributed by atoms with Gasteiger partial charge in [0.05, 0.1) is 0 Å². The van der Waals surface area contributed by atoms with Gasteiger partial charge >= 0.3 is 30.5 Å². The van der Waals surface area contributed by atoms with E-state index in [1.54, 1.807) is 0 Å². The Balaban J connectivity index is 0. The van der Waals surface area contributed by atoms with Crippen molar-refractivity contribution in [3.63, 3.8) is 0 Å². The van der Waals surface area contributed by atoms with Crippen LogP contribution in [0.1, 0.15) is 0 Å². The Morgan fingerprint density at radius 1 is 1.17 bits per heavy atom. The van der Waals surface area contributed by atoms with Crippen molar-refractivity contribution >= 4 is 41.8 Å². The Labute approximate surface area is 57.7 Å². The van der Waals surface area contributed by atoms with Gasteiger partial charge in [-0.25, -0.2) is 0 Å². The van der Waals surface area contributed by atoms with Crippen LogP contribution in [-0.2, 0) is 3.74 Å². The molecule has 0 aliphatic rings. The topological polar surface area (TPSA) is 86.2 Å². The summed E-state index contributed by atoms with van der Waals surface area (Å²) in [4.78, 5) is 0. The Bertz CT molecular complexity index is 53.7. The molecule has 0 aromatic heterocycles. The normalized spacial score (nSPS) is 9.83. The summed E-state index contributed by atoms with van der Waals surface area (Å²) in [5, 5.41) is 0. The van der Waals surface area contributed by atoms with Crippen LogP contribution >= 0.6 is 0 Å². The van der Waals surface area contributed by atoms with Gasteiger partial charge in [-0.1, -0.05) is 0 Å². The molecular weight excluding hydrogens is 346 g/mol. The molecule has 6 heavy (non-hydrogen) atoms. The van der Waals surface area contributed by atoms with Crippen molar-refractivity contribution in [3.8, 4) is 0 Å². The fraction of sp³-hybridized carbons (Fsp3) is 0. The van der Waals surface area contributed by atoms with Crippen LogP contribution in [0.15, 0.2) is 0 Å². The molecule has 0 spiro atoms. The Morgan fingerprint density at radius 2 is 1.17 bits per heavy atom. The van der Waals surface area contributed by atoms with Gasteiger partial charge in [-0.3, -0.25) is 0 Å². The predicted molar refractivity (Wildman–Crippen MR) is 12.2 cm³/mol. The maximum absolute atomic E-state index is 8.61. The molecule has 0 bridgehead atoms. The summed E-state index contributed by atoms with van der Waals surface area (Å²) in [5.74, 6) is 0. The third kappa shape index (κ3) is 66.3. The van der Waals surface area contributed by atoms with E-state index in [2.05, 4.69) is 0 Å². The maximum Gasteiger partial charge on any atom is 0 e. The molecule has 0 aliphatic carbocycles. The summed E-state index contributed by atoms with van der Waals surface area (Å²) >= 11 is -5.88. The summed E-state index contributed by atoms with van der Waals surface area (Å²) in [7, 11) is 0. The Morgan fingerprint density at radius 3 is 1.17 bits per heavy atom. The zero-order chi connectivity index (χ0) is 4.50. The summed E-state index contributed by atoms with van der Waals surface area (Å²) in [6.07, 6.45) is 0. The van der Waals surface area contributed by atoms with Crippen LogP contribution in [0.25, 0.3) is 0 Å². The number of hydrogen-bond acceptors (Lipinski definition) is 4. The molecule has 0 aromatic rings. The molecule has 0 rings (SSSR count). The summed E-state index contributed by atoms with van der Waals surface area (Å²) < 4.78 is 34.4. The minimum atomic E-state index is -5.88. The van der Waals surface area contributed by atoms with E-state index < -0.39 is 14.5 Å². The van der Waals surface area contributed by atoms with Gasteiger partial charge in [0, 0.05) is 27.3 Å². The van der Waals surface area contributed by atoms with E-state index in [4.69, 9.17) is 16.0 Å². The summed E-state index contributed by atoms with van der Waals surface area (Å²) in [6.45, 7) is 0. The second kappa shape index (κ2) is 3.20. The SMILES string of the molecule is O=[As]([O-])([O-])[O-].[Pb]. The van der Waals surface area contributed by atoms with Gasteiger partial charge in [0.1, 0.15) is 0 Å². The first kappa shape index (κ1) is 10.2. The Kier molecular flexibility index (Phi) is 5.44. The second-order valence-corrected chi connectivity index (χ2v) is 2.32. The van der Waals surface area contributed by atoms with Gasteiger partial charge in [-0.2, -0.15) is 0 Å². The van der Waals surface area contributed by atoms with Gasteiger partial charge < -0.3 is 0 Å². The minimum Gasteiger partial charge on any atom is 0 e. The third-order valence-electron chi connectivity index (χ3n) is 0. The molecule has 4 radical (unpaired) electrons. The van der Waals surface area contributed by atoms with Gasteiger partial charge in [-0.05, 0) is 0 Å². The first-order chi connectivity index (χ1) is 2.00. The van der Waals surface area contributed by atoms with E-state index in [9.17, 15) is 0 Å². The van der Waals surface area contributed by atoms with E-state index in [1.165, 1.54) is 0 Å². The monoisotopic (exact) mass is 347 g/mol. The van der Waals surface area contributed by atoms with Crippen LogP contribution in [-0.4, -0.2) is 41.8 Å². The van der Waals surface area contributed by atoms with Gasteiger partial charge in [0.25, 0.3) is 0 Å². The number of hydrogen-bond donors (Lipinski definition) is 0. The molecule has 36 valence electrons. The second-order valence-electron chi connectivity index (χ2n) is 0.447. The molecule has 0 N–H and O–H groups in total. The first-order valence-corrected chi connectivity index (χ1v) is 3.79. The molecule has 4 nitrogen and oxygen atoms in total. The molecule has 0 saturated carbocycles. The maximum atomic E-state index is 8.61. The van der Waals surface area contributed by atoms with Crippen LogP contribution in [0.5, 0.6) is 0 Å². The molecule has 0 aliphatic heterocycles. The number of rotatable bonds is 0. The van der Waals surface area contributed by atoms with Gasteiger partial charge in [0.2, 0.25) is 0 Å². The van der Waals surface area contributed by atoms with Crippen LogP contribution in [0.3, 0.4) is 0 Å². The molecule has 0 saturated heterocycles. The third-order valence-corrected chi connectivity index (χ3v) is 0. The zero-order valence-electron chi connectivity index (χ0n) is 2.58. The molecule has 0 fully saturated rings. The van der Waals surface area contributed by atoms with Crippen LogP contribution in [0, 0.1) is 0 Å².